The SMILES string of the molecule is S=[S-](=S)S(=S)(=S)S(=S)(=S)S(=S)(=S)S(=S)(=S)S(=S)(=S)S(=S)(=S)S(=S)(=S)S. The second-order valence-electron chi connectivity index (χ2n) is 3.08. The Labute approximate surface area is 228 Å². The second kappa shape index (κ2) is 10.1. The van der Waals surface area contributed by atoms with E-state index in [-0.39, 0.29) is 0 Å². The van der Waals surface area contributed by atoms with Gasteiger partial charge in [0.15, 0.2) is 0 Å². The van der Waals surface area contributed by atoms with Crippen LogP contribution in [0.25, 0.3) is 0 Å². The lowest BCUT2D eigenvalue weighted by molar-refractivity contribution is 5.04. The molecule has 152 valence electrons. The van der Waals surface area contributed by atoms with E-state index in [1.54, 1.807) is 0 Å². The second-order valence-corrected chi connectivity index (χ2v) is 83.2. The van der Waals surface area contributed by atoms with Crippen molar-refractivity contribution in [3.8, 4) is 0 Å². The average molecular weight is 803 g/mol. The van der Waals surface area contributed by atoms with E-state index in [2.05, 4.69) is 11.7 Å². The molecule has 0 aromatic carbocycles. The van der Waals surface area contributed by atoms with Crippen LogP contribution in [0.15, 0.2) is 0 Å². The smallest absolute Gasteiger partial charge is 0.0451 e. The van der Waals surface area contributed by atoms with Crippen LogP contribution in [0.5, 0.6) is 0 Å². The fourth-order valence-electron chi connectivity index (χ4n) is 0.582. The minimum Gasteiger partial charge on any atom is -0.271 e. The van der Waals surface area contributed by atoms with Gasteiger partial charge in [0, 0.05) is 31.3 Å². The summed E-state index contributed by atoms with van der Waals surface area (Å²) in [6, 6.07) is 0. The first-order valence-corrected chi connectivity index (χ1v) is 36.1. The zero-order valence-electron chi connectivity index (χ0n) is 10.2. The molecule has 0 nitrogen and oxygen atoms in total. The predicted molar refractivity (Wildman–Crippen MR) is 186 cm³/mol. The van der Waals surface area contributed by atoms with E-state index in [1.165, 1.54) is 0 Å². The van der Waals surface area contributed by atoms with Gasteiger partial charge in [0.25, 0.3) is 0 Å². The van der Waals surface area contributed by atoms with E-state index in [4.69, 9.17) is 179 Å². The Morgan fingerprint density at radius 2 is 0.680 bits per heavy atom. The van der Waals surface area contributed by atoms with Crippen LogP contribution in [0.2, 0.25) is 0 Å². The third kappa shape index (κ3) is 5.67. The van der Waals surface area contributed by atoms with Gasteiger partial charge in [0.2, 0.25) is 0 Å². The first-order valence-electron chi connectivity index (χ1n) is 4.02. The van der Waals surface area contributed by atoms with Crippen LogP contribution < -0.4 is 0 Å². The molecule has 0 aliphatic heterocycles. The lowest BCUT2D eigenvalue weighted by Crippen LogP contribution is -2.32. The third-order valence-electron chi connectivity index (χ3n) is 1.67. The highest BCUT2D eigenvalue weighted by Gasteiger charge is 2.36. The molecule has 0 unspecified atom stereocenters. The number of hydrogen-bond acceptors (Lipinski definition) is 17. The fourth-order valence-corrected chi connectivity index (χ4v) is 141. The van der Waals surface area contributed by atoms with Crippen molar-refractivity contribution in [2.45, 2.75) is 0 Å². The summed E-state index contributed by atoms with van der Waals surface area (Å²) < 4.78 is 0. The van der Waals surface area contributed by atoms with Crippen molar-refractivity contribution < 1.29 is 0 Å². The molecule has 0 amide bonds. The van der Waals surface area contributed by atoms with Gasteiger partial charge in [-0.15, -0.1) is 0 Å². The Kier molecular flexibility index (Phi) is 12.8. The van der Waals surface area contributed by atoms with Crippen LogP contribution in [-0.4, -0.2) is 0 Å². The normalized spacial score (nSPS) is 15.9. The summed E-state index contributed by atoms with van der Waals surface area (Å²) in [5.41, 5.74) is 0. The van der Waals surface area contributed by atoms with Gasteiger partial charge in [0.05, 0.1) is 0 Å². The molecule has 0 aromatic heterocycles. The summed E-state index contributed by atoms with van der Waals surface area (Å²) in [5.74, 6) is 0. The largest absolute Gasteiger partial charge is 0.271 e. The fraction of sp³-hybridized carbons (Fsp3) is 0. The molecular formula is HS25-. The molecule has 0 spiro atoms. The molecule has 25 heavy (non-hydrogen) atoms. The lowest BCUT2D eigenvalue weighted by atomic mass is 29.7. The van der Waals surface area contributed by atoms with Crippen molar-refractivity contribution in [3.05, 3.63) is 0 Å². The third-order valence-corrected chi connectivity index (χ3v) is 136. The highest BCUT2D eigenvalue weighted by molar-refractivity contribution is 9.71. The molecule has 0 heterocycles. The van der Waals surface area contributed by atoms with Crippen LogP contribution in [0.1, 0.15) is 0 Å². The maximum atomic E-state index is 5.61. The molecular weight excluding hydrogens is 802 g/mol. The van der Waals surface area contributed by atoms with Crippen molar-refractivity contribution >= 4 is 234 Å². The maximum Gasteiger partial charge on any atom is 0.0451 e. The maximum absolute atomic E-state index is 5.61. The number of rotatable bonds is 7. The Morgan fingerprint density at radius 1 is 0.440 bits per heavy atom. The molecule has 0 rings (SSSR count). The minimum atomic E-state index is -3.07. The first-order chi connectivity index (χ1) is 10.4. The van der Waals surface area contributed by atoms with Crippen LogP contribution in [0.3, 0.4) is 0 Å². The summed E-state index contributed by atoms with van der Waals surface area (Å²) in [6.07, 6.45) is 0. The molecule has 0 aliphatic carbocycles. The van der Waals surface area contributed by atoms with Crippen LogP contribution in [0, 0.1) is 0 Å². The predicted octanol–water partition coefficient (Wildman–Crippen LogP) is 0.323. The van der Waals surface area contributed by atoms with Gasteiger partial charge in [-0.2, -0.15) is 0 Å². The molecule has 0 atom stereocenters. The zero-order valence-corrected chi connectivity index (χ0v) is 30.7. The zero-order chi connectivity index (χ0) is 21.1. The number of thiol groups is 1. The van der Waals surface area contributed by atoms with E-state index >= 15 is 0 Å². The van der Waals surface area contributed by atoms with Crippen molar-refractivity contribution in [2.75, 3.05) is 0 Å². The minimum absolute atomic E-state index is 1.28. The molecule has 0 aromatic rings. The molecule has 0 fully saturated rings. The van der Waals surface area contributed by atoms with Crippen molar-refractivity contribution in [1.29, 1.82) is 0 Å². The summed E-state index contributed by atoms with van der Waals surface area (Å²) in [6.45, 7) is 0. The molecule has 0 saturated carbocycles. The summed E-state index contributed by atoms with van der Waals surface area (Å²) >= 11 is 91.1. The Hall–Kier alpha value is 6.67. The molecule has 0 saturated heterocycles. The van der Waals surface area contributed by atoms with Crippen LogP contribution >= 0.6 is 11.7 Å². The van der Waals surface area contributed by atoms with Gasteiger partial charge in [-0.3, -0.25) is 7.05 Å². The van der Waals surface area contributed by atoms with E-state index < -0.39 is 43.5 Å². The van der Waals surface area contributed by atoms with E-state index in [0.29, 0.717) is 0 Å². The van der Waals surface area contributed by atoms with Gasteiger partial charge in [0.1, 0.15) is 0 Å². The first kappa shape index (κ1) is 31.7. The summed E-state index contributed by atoms with van der Waals surface area (Å²) in [4.78, 5) is 0. The van der Waals surface area contributed by atoms with Crippen molar-refractivity contribution in [3.63, 3.8) is 0 Å². The highest BCUT2D eigenvalue weighted by atomic mass is 34.4. The topological polar surface area (TPSA) is 0 Å². The van der Waals surface area contributed by atoms with E-state index in [9.17, 15) is 0 Å². The average Bonchev–Trinajstić information content (AvgIpc) is 2.35. The van der Waals surface area contributed by atoms with Crippen molar-refractivity contribution in [1.82, 2.24) is 0 Å². The van der Waals surface area contributed by atoms with Gasteiger partial charge in [-0.05, 0) is 134 Å². The Balaban J connectivity index is 7.47. The monoisotopic (exact) mass is 800 g/mol. The highest BCUT2D eigenvalue weighted by Crippen LogP contribution is 2.35. The Morgan fingerprint density at radius 3 is 0.920 bits per heavy atom. The molecule has 0 bridgehead atoms. The van der Waals surface area contributed by atoms with E-state index in [1.807, 2.05) is 0 Å². The van der Waals surface area contributed by atoms with Gasteiger partial charge in [-0.25, -0.2) is 22.4 Å². The van der Waals surface area contributed by atoms with Gasteiger partial charge in [-0.1, -0.05) is 39.2 Å². The molecule has 0 N–H and O–H groups in total. The Bertz CT molecular complexity index is 1370. The van der Waals surface area contributed by atoms with Crippen molar-refractivity contribution in [2.24, 2.45) is 0 Å². The molecule has 25 heteroatoms. The van der Waals surface area contributed by atoms with Crippen LogP contribution in [0.4, 0.5) is 0 Å². The standard InChI is InChI=1S/HS25/c1-18(2)20(6,7)22(10,11)24(14,15)25(16,17)23(12,13)21(8,9)19(3,4)5/h(H,3,4,5)/q-1. The molecule has 0 aliphatic rings. The van der Waals surface area contributed by atoms with Crippen LogP contribution in [-0.2, 0) is 223 Å². The summed E-state index contributed by atoms with van der Waals surface area (Å²) in [7, 11) is -1.28. The van der Waals surface area contributed by atoms with E-state index in [0.717, 1.165) is 0 Å². The lowest BCUT2D eigenvalue weighted by Gasteiger charge is -2.32. The van der Waals surface area contributed by atoms with Gasteiger partial charge >= 0.3 is 0 Å². The van der Waals surface area contributed by atoms with Gasteiger partial charge < -0.3 is 0 Å². The summed E-state index contributed by atoms with van der Waals surface area (Å²) in [5, 5.41) is -20.2. The number of hydrogen-bond donors (Lipinski definition) is 1. The molecule has 0 radical (unpaired) electrons. The quantitative estimate of drug-likeness (QED) is 0.214.